The highest BCUT2D eigenvalue weighted by Gasteiger charge is 2.31. The Morgan fingerprint density at radius 2 is 2.21 bits per heavy atom. The Bertz CT molecular complexity index is 592. The van der Waals surface area contributed by atoms with Crippen LogP contribution in [0.1, 0.15) is 31.4 Å². The molecule has 2 heterocycles. The summed E-state index contributed by atoms with van der Waals surface area (Å²) in [5, 5.41) is 2.08. The summed E-state index contributed by atoms with van der Waals surface area (Å²) in [5.41, 5.74) is 1.94. The molecule has 5 heteroatoms. The van der Waals surface area contributed by atoms with Gasteiger partial charge in [0.2, 0.25) is 0 Å². The van der Waals surface area contributed by atoms with E-state index in [0.29, 0.717) is 5.92 Å². The summed E-state index contributed by atoms with van der Waals surface area (Å²) in [7, 11) is 2.08. The molecule has 0 bridgehead atoms. The summed E-state index contributed by atoms with van der Waals surface area (Å²) >= 11 is 1.63. The molecule has 100 valence electrons. The molecule has 0 radical (unpaired) electrons. The van der Waals surface area contributed by atoms with Gasteiger partial charge in [-0.1, -0.05) is 11.3 Å². The normalized spacial score (nSPS) is 14.7. The molecule has 0 spiro atoms. The van der Waals surface area contributed by atoms with Crippen LogP contribution < -0.4 is 4.90 Å². The van der Waals surface area contributed by atoms with E-state index in [-0.39, 0.29) is 5.82 Å². The third kappa shape index (κ3) is 2.47. The SMILES string of the molecule is CCN(C)c1sc(-c2cncc(F)c2)nc1C1CC1. The molecule has 2 aromatic rings. The van der Waals surface area contributed by atoms with Gasteiger partial charge in [-0.15, -0.1) is 0 Å². The average Bonchev–Trinajstić information content (AvgIpc) is 3.17. The highest BCUT2D eigenvalue weighted by atomic mass is 32.1. The van der Waals surface area contributed by atoms with Crippen LogP contribution in [0.25, 0.3) is 10.6 Å². The van der Waals surface area contributed by atoms with Crippen LogP contribution in [0, 0.1) is 5.82 Å². The molecule has 3 nitrogen and oxygen atoms in total. The minimum Gasteiger partial charge on any atom is -0.365 e. The summed E-state index contributed by atoms with van der Waals surface area (Å²) in [6, 6.07) is 1.50. The molecule has 0 amide bonds. The molecular formula is C14H16FN3S. The number of aromatic nitrogens is 2. The first-order valence-corrected chi connectivity index (χ1v) is 7.33. The van der Waals surface area contributed by atoms with Crippen molar-refractivity contribution < 1.29 is 4.39 Å². The fourth-order valence-electron chi connectivity index (χ4n) is 2.02. The van der Waals surface area contributed by atoms with Gasteiger partial charge in [-0.3, -0.25) is 4.98 Å². The Balaban J connectivity index is 2.03. The van der Waals surface area contributed by atoms with E-state index in [0.717, 1.165) is 17.1 Å². The maximum absolute atomic E-state index is 13.3. The van der Waals surface area contributed by atoms with E-state index in [2.05, 4.69) is 23.9 Å². The molecule has 0 unspecified atom stereocenters. The average molecular weight is 277 g/mol. The van der Waals surface area contributed by atoms with Gasteiger partial charge in [0.05, 0.1) is 11.9 Å². The van der Waals surface area contributed by atoms with Crippen LogP contribution in [0.5, 0.6) is 0 Å². The summed E-state index contributed by atoms with van der Waals surface area (Å²) in [5.74, 6) is 0.279. The van der Waals surface area contributed by atoms with Crippen molar-refractivity contribution in [3.8, 4) is 10.6 Å². The molecule has 1 aliphatic rings. The van der Waals surface area contributed by atoms with Gasteiger partial charge in [0.15, 0.2) is 0 Å². The number of hydrogen-bond acceptors (Lipinski definition) is 4. The van der Waals surface area contributed by atoms with Gasteiger partial charge in [-0.25, -0.2) is 9.37 Å². The van der Waals surface area contributed by atoms with E-state index in [9.17, 15) is 4.39 Å². The highest BCUT2D eigenvalue weighted by molar-refractivity contribution is 7.19. The summed E-state index contributed by atoms with van der Waals surface area (Å²) in [4.78, 5) is 10.8. The van der Waals surface area contributed by atoms with Crippen LogP contribution in [0.4, 0.5) is 9.39 Å². The van der Waals surface area contributed by atoms with E-state index in [4.69, 9.17) is 4.98 Å². The Labute approximate surface area is 116 Å². The smallest absolute Gasteiger partial charge is 0.142 e. The minimum atomic E-state index is -0.314. The van der Waals surface area contributed by atoms with Crippen LogP contribution in [0.2, 0.25) is 0 Å². The number of pyridine rings is 1. The molecule has 0 aromatic carbocycles. The topological polar surface area (TPSA) is 29.0 Å². The van der Waals surface area contributed by atoms with Crippen molar-refractivity contribution in [3.05, 3.63) is 30.0 Å². The Morgan fingerprint density at radius 3 is 2.84 bits per heavy atom. The number of rotatable bonds is 4. The van der Waals surface area contributed by atoms with Gasteiger partial charge in [0.25, 0.3) is 0 Å². The van der Waals surface area contributed by atoms with Gasteiger partial charge >= 0.3 is 0 Å². The number of nitrogens with zero attached hydrogens (tertiary/aromatic N) is 3. The number of thiazole rings is 1. The number of anilines is 1. The lowest BCUT2D eigenvalue weighted by Gasteiger charge is -2.15. The fourth-order valence-corrected chi connectivity index (χ4v) is 3.17. The zero-order valence-corrected chi connectivity index (χ0v) is 11.9. The van der Waals surface area contributed by atoms with Crippen LogP contribution >= 0.6 is 11.3 Å². The first-order chi connectivity index (χ1) is 9.19. The molecular weight excluding hydrogens is 261 g/mol. The maximum atomic E-state index is 13.3. The van der Waals surface area contributed by atoms with E-state index in [1.807, 2.05) is 0 Å². The van der Waals surface area contributed by atoms with Crippen molar-refractivity contribution in [2.24, 2.45) is 0 Å². The molecule has 0 atom stereocenters. The Hall–Kier alpha value is -1.49. The van der Waals surface area contributed by atoms with Crippen molar-refractivity contribution in [1.29, 1.82) is 0 Å². The second kappa shape index (κ2) is 4.89. The monoisotopic (exact) mass is 277 g/mol. The van der Waals surface area contributed by atoms with E-state index >= 15 is 0 Å². The second-order valence-corrected chi connectivity index (χ2v) is 5.87. The second-order valence-electron chi connectivity index (χ2n) is 4.89. The van der Waals surface area contributed by atoms with Crippen LogP contribution in [-0.2, 0) is 0 Å². The molecule has 2 aromatic heterocycles. The minimum absolute atomic E-state index is 0.314. The lowest BCUT2D eigenvalue weighted by molar-refractivity contribution is 0.622. The van der Waals surface area contributed by atoms with E-state index in [1.165, 1.54) is 35.8 Å². The Morgan fingerprint density at radius 1 is 1.42 bits per heavy atom. The Kier molecular flexibility index (Phi) is 3.22. The first-order valence-electron chi connectivity index (χ1n) is 6.51. The van der Waals surface area contributed by atoms with Crippen molar-refractivity contribution in [2.45, 2.75) is 25.7 Å². The van der Waals surface area contributed by atoms with Crippen molar-refractivity contribution >= 4 is 16.3 Å². The number of hydrogen-bond donors (Lipinski definition) is 0. The van der Waals surface area contributed by atoms with Crippen molar-refractivity contribution in [3.63, 3.8) is 0 Å². The van der Waals surface area contributed by atoms with E-state index < -0.39 is 0 Å². The predicted octanol–water partition coefficient (Wildman–Crippen LogP) is 3.68. The molecule has 1 aliphatic carbocycles. The molecule has 3 rings (SSSR count). The lowest BCUT2D eigenvalue weighted by atomic mass is 10.2. The zero-order valence-electron chi connectivity index (χ0n) is 11.1. The van der Waals surface area contributed by atoms with Gasteiger partial charge in [-0.05, 0) is 25.8 Å². The highest BCUT2D eigenvalue weighted by Crippen LogP contribution is 2.47. The van der Waals surface area contributed by atoms with Crippen LogP contribution in [-0.4, -0.2) is 23.6 Å². The lowest BCUT2D eigenvalue weighted by Crippen LogP contribution is -2.15. The third-order valence-corrected chi connectivity index (χ3v) is 4.61. The van der Waals surface area contributed by atoms with E-state index in [1.54, 1.807) is 17.5 Å². The van der Waals surface area contributed by atoms with Gasteiger partial charge < -0.3 is 4.90 Å². The molecule has 19 heavy (non-hydrogen) atoms. The van der Waals surface area contributed by atoms with Crippen molar-refractivity contribution in [2.75, 3.05) is 18.5 Å². The standard InChI is InChI=1S/C14H16FN3S/c1-3-18(2)14-12(9-4-5-9)17-13(19-14)10-6-11(15)8-16-7-10/h6-9H,3-5H2,1-2H3. The maximum Gasteiger partial charge on any atom is 0.142 e. The quantitative estimate of drug-likeness (QED) is 0.853. The summed E-state index contributed by atoms with van der Waals surface area (Å²) < 4.78 is 13.3. The van der Waals surface area contributed by atoms with Gasteiger partial charge in [-0.2, -0.15) is 0 Å². The number of halogens is 1. The molecule has 0 saturated heterocycles. The van der Waals surface area contributed by atoms with Gasteiger partial charge in [0, 0.05) is 31.3 Å². The molecule has 0 N–H and O–H groups in total. The van der Waals surface area contributed by atoms with Gasteiger partial charge in [0.1, 0.15) is 15.8 Å². The predicted molar refractivity (Wildman–Crippen MR) is 76.2 cm³/mol. The molecule has 0 aliphatic heterocycles. The fraction of sp³-hybridized carbons (Fsp3) is 0.429. The molecule has 1 saturated carbocycles. The third-order valence-electron chi connectivity index (χ3n) is 3.37. The largest absolute Gasteiger partial charge is 0.365 e. The van der Waals surface area contributed by atoms with Crippen LogP contribution in [0.3, 0.4) is 0 Å². The first kappa shape index (κ1) is 12.5. The van der Waals surface area contributed by atoms with Crippen molar-refractivity contribution in [1.82, 2.24) is 9.97 Å². The van der Waals surface area contributed by atoms with Crippen LogP contribution in [0.15, 0.2) is 18.5 Å². The zero-order chi connectivity index (χ0) is 13.4. The summed E-state index contributed by atoms with van der Waals surface area (Å²) in [6.07, 6.45) is 5.33. The molecule has 1 fully saturated rings. The summed E-state index contributed by atoms with van der Waals surface area (Å²) in [6.45, 7) is 3.07.